The van der Waals surface area contributed by atoms with Crippen molar-refractivity contribution in [3.63, 3.8) is 0 Å². The van der Waals surface area contributed by atoms with E-state index in [-0.39, 0.29) is 0 Å². The predicted octanol–water partition coefficient (Wildman–Crippen LogP) is 1.28. The first-order chi connectivity index (χ1) is 12.2. The van der Waals surface area contributed by atoms with E-state index in [0.29, 0.717) is 0 Å². The number of nitrogens with zero attached hydrogens (tertiary/aromatic N) is 2. The molecule has 1 atom stereocenters. The van der Waals surface area contributed by atoms with E-state index in [1.165, 1.54) is 14.1 Å². The zero-order chi connectivity index (χ0) is 19.1. The van der Waals surface area contributed by atoms with Gasteiger partial charge in [-0.15, -0.1) is 0 Å². The number of aromatic nitrogens is 2. The lowest BCUT2D eigenvalue weighted by molar-refractivity contribution is 0.558. The second kappa shape index (κ2) is 6.54. The summed E-state index contributed by atoms with van der Waals surface area (Å²) in [5.41, 5.74) is -0.643. The average molecular weight is 373 g/mol. The Morgan fingerprint density at radius 1 is 1.00 bits per heavy atom. The molecule has 8 heteroatoms. The zero-order valence-electron chi connectivity index (χ0n) is 14.6. The molecule has 0 saturated heterocycles. The molecule has 2 aromatic carbocycles. The number of sulfonamides is 1. The summed E-state index contributed by atoms with van der Waals surface area (Å²) in [6.07, 6.45) is 1.04. The molecule has 3 rings (SSSR count). The summed E-state index contributed by atoms with van der Waals surface area (Å²) in [6.45, 7) is 1.71. The highest BCUT2D eigenvalue weighted by Gasteiger charge is 2.24. The highest BCUT2D eigenvalue weighted by atomic mass is 32.2. The van der Waals surface area contributed by atoms with Crippen LogP contribution in [0.5, 0.6) is 0 Å². The molecule has 0 aliphatic heterocycles. The molecular weight excluding hydrogens is 354 g/mol. The molecule has 3 aromatic rings. The molecule has 1 aromatic heterocycles. The van der Waals surface area contributed by atoms with Gasteiger partial charge in [-0.3, -0.25) is 9.36 Å². The van der Waals surface area contributed by atoms with Crippen LogP contribution in [0.15, 0.2) is 63.1 Å². The van der Waals surface area contributed by atoms with Crippen LogP contribution in [0, 0.1) is 0 Å². The van der Waals surface area contributed by atoms with Gasteiger partial charge in [0.1, 0.15) is 0 Å². The maximum atomic E-state index is 12.7. The molecule has 0 radical (unpaired) electrons. The molecular formula is C18H19N3O4S. The summed E-state index contributed by atoms with van der Waals surface area (Å²) >= 11 is 0. The van der Waals surface area contributed by atoms with Gasteiger partial charge in [0.25, 0.3) is 5.56 Å². The van der Waals surface area contributed by atoms with E-state index in [0.717, 1.165) is 31.7 Å². The van der Waals surface area contributed by atoms with Crippen LogP contribution in [-0.4, -0.2) is 17.6 Å². The second-order valence-corrected chi connectivity index (χ2v) is 7.84. The van der Waals surface area contributed by atoms with Crippen molar-refractivity contribution in [2.24, 2.45) is 14.1 Å². The van der Waals surface area contributed by atoms with Crippen molar-refractivity contribution >= 4 is 20.8 Å². The van der Waals surface area contributed by atoms with Crippen LogP contribution < -0.4 is 16.0 Å². The van der Waals surface area contributed by atoms with Gasteiger partial charge in [0.15, 0.2) is 4.90 Å². The standard InChI is InChI=1S/C18H19N3O4S/c1-12(14-10-6-8-13-7-4-5-9-15(13)14)19-26(24,25)16-11-20(2)18(23)21(3)17(16)22/h4-12,19H,1-3H3. The van der Waals surface area contributed by atoms with Gasteiger partial charge in [0, 0.05) is 26.3 Å². The Labute approximate surface area is 150 Å². The summed E-state index contributed by atoms with van der Waals surface area (Å²) in [4.78, 5) is 23.6. The molecule has 0 aliphatic carbocycles. The summed E-state index contributed by atoms with van der Waals surface area (Å²) in [5.74, 6) is 0. The van der Waals surface area contributed by atoms with Crippen LogP contribution in [0.4, 0.5) is 0 Å². The topological polar surface area (TPSA) is 90.2 Å². The zero-order valence-corrected chi connectivity index (χ0v) is 15.4. The second-order valence-electron chi connectivity index (χ2n) is 6.16. The minimum atomic E-state index is -4.11. The van der Waals surface area contributed by atoms with Crippen LogP contribution in [0.2, 0.25) is 0 Å². The Morgan fingerprint density at radius 3 is 2.38 bits per heavy atom. The predicted molar refractivity (Wildman–Crippen MR) is 99.6 cm³/mol. The van der Waals surface area contributed by atoms with Gasteiger partial charge in [-0.2, -0.15) is 0 Å². The minimum Gasteiger partial charge on any atom is -0.302 e. The SMILES string of the molecule is CC(NS(=O)(=O)c1cn(C)c(=O)n(C)c1=O)c1cccc2ccccc12. The molecule has 0 aliphatic rings. The fourth-order valence-electron chi connectivity index (χ4n) is 2.95. The van der Waals surface area contributed by atoms with E-state index in [9.17, 15) is 18.0 Å². The van der Waals surface area contributed by atoms with Crippen molar-refractivity contribution < 1.29 is 8.42 Å². The lowest BCUT2D eigenvalue weighted by atomic mass is 10.0. The van der Waals surface area contributed by atoms with Gasteiger partial charge >= 0.3 is 5.69 Å². The number of aryl methyl sites for hydroxylation is 1. The van der Waals surface area contributed by atoms with E-state index >= 15 is 0 Å². The highest BCUT2D eigenvalue weighted by molar-refractivity contribution is 7.89. The quantitative estimate of drug-likeness (QED) is 0.746. The smallest absolute Gasteiger partial charge is 0.302 e. The van der Waals surface area contributed by atoms with Crippen LogP contribution in [-0.2, 0) is 24.1 Å². The summed E-state index contributed by atoms with van der Waals surface area (Å²) in [7, 11) is -1.47. The molecule has 26 heavy (non-hydrogen) atoms. The Balaban J connectivity index is 2.05. The molecule has 0 bridgehead atoms. The highest BCUT2D eigenvalue weighted by Crippen LogP contribution is 2.25. The third kappa shape index (κ3) is 3.09. The Hall–Kier alpha value is -2.71. The molecule has 1 heterocycles. The number of hydrogen-bond acceptors (Lipinski definition) is 4. The van der Waals surface area contributed by atoms with E-state index in [2.05, 4.69) is 4.72 Å². The van der Waals surface area contributed by atoms with Crippen LogP contribution in [0.25, 0.3) is 10.8 Å². The maximum absolute atomic E-state index is 12.7. The number of hydrogen-bond donors (Lipinski definition) is 1. The summed E-state index contributed by atoms with van der Waals surface area (Å²) < 4.78 is 29.9. The number of nitrogens with one attached hydrogen (secondary N) is 1. The lowest BCUT2D eigenvalue weighted by Gasteiger charge is -2.17. The van der Waals surface area contributed by atoms with Crippen molar-refractivity contribution in [3.8, 4) is 0 Å². The third-order valence-corrected chi connectivity index (χ3v) is 5.85. The summed E-state index contributed by atoms with van der Waals surface area (Å²) in [6, 6.07) is 12.7. The van der Waals surface area contributed by atoms with E-state index < -0.39 is 32.2 Å². The fraction of sp³-hybridized carbons (Fsp3) is 0.222. The van der Waals surface area contributed by atoms with Gasteiger partial charge in [0.2, 0.25) is 10.0 Å². The largest absolute Gasteiger partial charge is 0.330 e. The van der Waals surface area contributed by atoms with Crippen molar-refractivity contribution in [1.29, 1.82) is 0 Å². The van der Waals surface area contributed by atoms with Gasteiger partial charge in [0.05, 0.1) is 0 Å². The lowest BCUT2D eigenvalue weighted by Crippen LogP contribution is -2.41. The minimum absolute atomic E-state index is 0.464. The maximum Gasteiger partial charge on any atom is 0.330 e. The van der Waals surface area contributed by atoms with Crippen molar-refractivity contribution in [3.05, 3.63) is 75.1 Å². The molecule has 0 spiro atoms. The van der Waals surface area contributed by atoms with Crippen molar-refractivity contribution in [2.75, 3.05) is 0 Å². The Kier molecular flexibility index (Phi) is 4.55. The molecule has 0 saturated carbocycles. The molecule has 1 unspecified atom stereocenters. The third-order valence-electron chi connectivity index (χ3n) is 4.33. The molecule has 0 fully saturated rings. The van der Waals surface area contributed by atoms with E-state index in [1.807, 2.05) is 42.5 Å². The van der Waals surface area contributed by atoms with Gasteiger partial charge in [-0.05, 0) is 23.3 Å². The molecule has 136 valence electrons. The fourth-order valence-corrected chi connectivity index (χ4v) is 4.33. The first kappa shape index (κ1) is 18.1. The van der Waals surface area contributed by atoms with Gasteiger partial charge < -0.3 is 4.57 Å². The van der Waals surface area contributed by atoms with Crippen LogP contribution >= 0.6 is 0 Å². The molecule has 1 N–H and O–H groups in total. The van der Waals surface area contributed by atoms with E-state index in [1.54, 1.807) is 6.92 Å². The first-order valence-electron chi connectivity index (χ1n) is 7.99. The first-order valence-corrected chi connectivity index (χ1v) is 9.47. The molecule has 7 nitrogen and oxygen atoms in total. The van der Waals surface area contributed by atoms with Gasteiger partial charge in [-0.1, -0.05) is 42.5 Å². The van der Waals surface area contributed by atoms with Gasteiger partial charge in [-0.25, -0.2) is 17.9 Å². The van der Waals surface area contributed by atoms with Crippen molar-refractivity contribution in [1.82, 2.24) is 13.9 Å². The number of rotatable bonds is 4. The molecule has 0 amide bonds. The number of benzene rings is 2. The van der Waals surface area contributed by atoms with Crippen molar-refractivity contribution in [2.45, 2.75) is 17.9 Å². The van der Waals surface area contributed by atoms with Crippen LogP contribution in [0.3, 0.4) is 0 Å². The Bertz CT molecular complexity index is 1200. The number of fused-ring (bicyclic) bond motifs is 1. The Morgan fingerprint density at radius 2 is 1.65 bits per heavy atom. The normalized spacial score (nSPS) is 13.0. The van der Waals surface area contributed by atoms with E-state index in [4.69, 9.17) is 0 Å². The van der Waals surface area contributed by atoms with Crippen LogP contribution in [0.1, 0.15) is 18.5 Å². The monoisotopic (exact) mass is 373 g/mol. The summed E-state index contributed by atoms with van der Waals surface area (Å²) in [5, 5.41) is 1.92. The average Bonchev–Trinajstić information content (AvgIpc) is 2.61.